The van der Waals surface area contributed by atoms with Crippen LogP contribution < -0.4 is 10.6 Å². The van der Waals surface area contributed by atoms with Crippen LogP contribution in [-0.4, -0.2) is 37.6 Å². The van der Waals surface area contributed by atoms with E-state index < -0.39 is 0 Å². The lowest BCUT2D eigenvalue weighted by Crippen LogP contribution is -2.31. The van der Waals surface area contributed by atoms with Crippen molar-refractivity contribution in [2.45, 2.75) is 64.6 Å². The predicted molar refractivity (Wildman–Crippen MR) is 125 cm³/mol. The van der Waals surface area contributed by atoms with Gasteiger partial charge < -0.3 is 15.8 Å². The number of oxime groups is 1. The van der Waals surface area contributed by atoms with E-state index in [1.807, 2.05) is 41.9 Å². The van der Waals surface area contributed by atoms with Crippen molar-refractivity contribution in [1.29, 1.82) is 0 Å². The molecular formula is C24H30N6O2. The van der Waals surface area contributed by atoms with Crippen LogP contribution >= 0.6 is 0 Å². The zero-order valence-electron chi connectivity index (χ0n) is 18.6. The number of carbonyl (C=O) groups is 1. The first kappa shape index (κ1) is 21.8. The smallest absolute Gasteiger partial charge is 0.255 e. The van der Waals surface area contributed by atoms with Gasteiger partial charge >= 0.3 is 0 Å². The Morgan fingerprint density at radius 2 is 1.97 bits per heavy atom. The minimum Gasteiger partial charge on any atom is -0.411 e. The Labute approximate surface area is 187 Å². The number of hydrogen-bond acceptors (Lipinski definition) is 6. The van der Waals surface area contributed by atoms with E-state index in [0.29, 0.717) is 12.1 Å². The first-order chi connectivity index (χ1) is 15.6. The van der Waals surface area contributed by atoms with Crippen LogP contribution in [-0.2, 0) is 6.54 Å². The van der Waals surface area contributed by atoms with E-state index in [1.54, 1.807) is 12.4 Å². The highest BCUT2D eigenvalue weighted by molar-refractivity contribution is 6.06. The Morgan fingerprint density at radius 3 is 2.62 bits per heavy atom. The molecule has 3 aromatic rings. The summed E-state index contributed by atoms with van der Waals surface area (Å²) in [6.07, 6.45) is 7.38. The molecule has 8 nitrogen and oxygen atoms in total. The number of hydrogen-bond donors (Lipinski definition) is 3. The van der Waals surface area contributed by atoms with Gasteiger partial charge in [0.1, 0.15) is 0 Å². The fourth-order valence-corrected chi connectivity index (χ4v) is 4.33. The molecule has 2 aromatic heterocycles. The average molecular weight is 435 g/mol. The number of pyridine rings is 1. The Balaban J connectivity index is 1.65. The number of rotatable bonds is 7. The molecule has 8 heteroatoms. The second-order valence-electron chi connectivity index (χ2n) is 8.17. The number of nitrogens with zero attached hydrogens (tertiary/aromatic N) is 4. The van der Waals surface area contributed by atoms with Crippen LogP contribution in [0, 0.1) is 0 Å². The quantitative estimate of drug-likeness (QED) is 0.375. The summed E-state index contributed by atoms with van der Waals surface area (Å²) in [7, 11) is 0. The monoisotopic (exact) mass is 434 g/mol. The molecule has 0 bridgehead atoms. The number of benzene rings is 1. The standard InChI is InChI=1S/C24H30N6O2/c1-3-21(16-8-6-5-7-9-16)28-24(31)20-14-25-23-19(15-26-30(23)4-2)22(20)27-17-10-12-18(29-32)13-11-17/h5-9,14-15,17,21,32H,3-4,10-13H2,1-2H3,(H,25,27)(H,28,31)/t17?,21-/m1/s1. The Kier molecular flexibility index (Phi) is 6.68. The number of anilines is 1. The molecule has 1 atom stereocenters. The molecule has 1 aliphatic rings. The largest absolute Gasteiger partial charge is 0.411 e. The molecule has 3 N–H and O–H groups in total. The third-order valence-corrected chi connectivity index (χ3v) is 6.18. The van der Waals surface area contributed by atoms with Gasteiger partial charge in [-0.2, -0.15) is 5.10 Å². The summed E-state index contributed by atoms with van der Waals surface area (Å²) in [4.78, 5) is 18.0. The highest BCUT2D eigenvalue weighted by Gasteiger charge is 2.24. The third kappa shape index (κ3) is 4.44. The summed E-state index contributed by atoms with van der Waals surface area (Å²) in [5.41, 5.74) is 3.95. The molecule has 1 saturated carbocycles. The molecule has 0 unspecified atom stereocenters. The van der Waals surface area contributed by atoms with Crippen molar-refractivity contribution >= 4 is 28.3 Å². The van der Waals surface area contributed by atoms with E-state index in [0.717, 1.165) is 60.1 Å². The van der Waals surface area contributed by atoms with Crippen LogP contribution in [0.4, 0.5) is 5.69 Å². The van der Waals surface area contributed by atoms with Crippen LogP contribution in [0.25, 0.3) is 11.0 Å². The van der Waals surface area contributed by atoms with Gasteiger partial charge in [-0.05, 0) is 44.6 Å². The van der Waals surface area contributed by atoms with Gasteiger partial charge in [0, 0.05) is 18.8 Å². The summed E-state index contributed by atoms with van der Waals surface area (Å²) in [6, 6.07) is 10.1. The highest BCUT2D eigenvalue weighted by atomic mass is 16.4. The third-order valence-electron chi connectivity index (χ3n) is 6.18. The fourth-order valence-electron chi connectivity index (χ4n) is 4.33. The minimum absolute atomic E-state index is 0.0800. The van der Waals surface area contributed by atoms with Gasteiger partial charge in [0.2, 0.25) is 0 Å². The second-order valence-corrected chi connectivity index (χ2v) is 8.17. The van der Waals surface area contributed by atoms with Crippen LogP contribution in [0.15, 0.2) is 47.9 Å². The Morgan fingerprint density at radius 1 is 1.22 bits per heavy atom. The van der Waals surface area contributed by atoms with Crippen molar-refractivity contribution in [1.82, 2.24) is 20.1 Å². The fraction of sp³-hybridized carbons (Fsp3) is 0.417. The van der Waals surface area contributed by atoms with Crippen LogP contribution in [0.5, 0.6) is 0 Å². The molecule has 168 valence electrons. The predicted octanol–water partition coefficient (Wildman–Crippen LogP) is 4.52. The summed E-state index contributed by atoms with van der Waals surface area (Å²) in [5, 5.41) is 24.5. The lowest BCUT2D eigenvalue weighted by Gasteiger charge is -2.26. The SMILES string of the molecule is CC[C@@H](NC(=O)c1cnc2c(cnn2CC)c1NC1CCC(=NO)CC1)c1ccccc1. The summed E-state index contributed by atoms with van der Waals surface area (Å²) in [6.45, 7) is 4.78. The number of aryl methyl sites for hydroxylation is 1. The Bertz CT molecular complexity index is 1100. The zero-order chi connectivity index (χ0) is 22.5. The highest BCUT2D eigenvalue weighted by Crippen LogP contribution is 2.30. The van der Waals surface area contributed by atoms with Gasteiger partial charge in [0.05, 0.1) is 34.6 Å². The number of nitrogens with one attached hydrogen (secondary N) is 2. The average Bonchev–Trinajstić information content (AvgIpc) is 3.27. The van der Waals surface area contributed by atoms with E-state index in [-0.39, 0.29) is 18.0 Å². The molecule has 1 aliphatic carbocycles. The molecule has 1 amide bonds. The number of amides is 1. The summed E-state index contributed by atoms with van der Waals surface area (Å²) in [5.74, 6) is -0.157. The van der Waals surface area contributed by atoms with E-state index in [1.165, 1.54) is 0 Å². The van der Waals surface area contributed by atoms with Crippen molar-refractivity contribution in [2.75, 3.05) is 5.32 Å². The van der Waals surface area contributed by atoms with Crippen molar-refractivity contribution in [3.05, 3.63) is 53.9 Å². The van der Waals surface area contributed by atoms with Crippen LogP contribution in [0.3, 0.4) is 0 Å². The van der Waals surface area contributed by atoms with Crippen molar-refractivity contribution in [2.24, 2.45) is 5.16 Å². The lowest BCUT2D eigenvalue weighted by molar-refractivity contribution is 0.0936. The Hall–Kier alpha value is -3.42. The molecule has 4 rings (SSSR count). The summed E-state index contributed by atoms with van der Waals surface area (Å²) < 4.78 is 1.83. The van der Waals surface area contributed by atoms with E-state index >= 15 is 0 Å². The maximum atomic E-state index is 13.4. The van der Waals surface area contributed by atoms with Gasteiger partial charge in [0.15, 0.2) is 5.65 Å². The first-order valence-corrected chi connectivity index (χ1v) is 11.3. The van der Waals surface area contributed by atoms with Gasteiger partial charge in [-0.3, -0.25) is 4.79 Å². The molecule has 2 heterocycles. The molecule has 32 heavy (non-hydrogen) atoms. The second kappa shape index (κ2) is 9.80. The van der Waals surface area contributed by atoms with Crippen LogP contribution in [0.1, 0.15) is 67.9 Å². The number of carbonyl (C=O) groups excluding carboxylic acids is 1. The maximum Gasteiger partial charge on any atom is 0.255 e. The molecule has 1 aromatic carbocycles. The van der Waals surface area contributed by atoms with Gasteiger partial charge in [-0.15, -0.1) is 0 Å². The number of fused-ring (bicyclic) bond motifs is 1. The molecule has 0 saturated heterocycles. The topological polar surface area (TPSA) is 104 Å². The van der Waals surface area contributed by atoms with Crippen LogP contribution in [0.2, 0.25) is 0 Å². The normalized spacial score (nSPS) is 17.2. The van der Waals surface area contributed by atoms with Crippen molar-refractivity contribution in [3.63, 3.8) is 0 Å². The zero-order valence-corrected chi connectivity index (χ0v) is 18.6. The van der Waals surface area contributed by atoms with Crippen molar-refractivity contribution < 1.29 is 10.0 Å². The van der Waals surface area contributed by atoms with Gasteiger partial charge in [-0.25, -0.2) is 9.67 Å². The molecule has 1 fully saturated rings. The lowest BCUT2D eigenvalue weighted by atomic mass is 9.93. The maximum absolute atomic E-state index is 13.4. The minimum atomic E-state index is -0.157. The van der Waals surface area contributed by atoms with E-state index in [9.17, 15) is 4.79 Å². The molecule has 0 aliphatic heterocycles. The molecule has 0 spiro atoms. The number of aromatic nitrogens is 3. The summed E-state index contributed by atoms with van der Waals surface area (Å²) >= 11 is 0. The van der Waals surface area contributed by atoms with Gasteiger partial charge in [0.25, 0.3) is 5.91 Å². The van der Waals surface area contributed by atoms with E-state index in [4.69, 9.17) is 5.21 Å². The van der Waals surface area contributed by atoms with Gasteiger partial charge in [-0.1, -0.05) is 42.4 Å². The molecular weight excluding hydrogens is 404 g/mol. The van der Waals surface area contributed by atoms with E-state index in [2.05, 4.69) is 32.8 Å². The van der Waals surface area contributed by atoms with Crippen molar-refractivity contribution in [3.8, 4) is 0 Å². The first-order valence-electron chi connectivity index (χ1n) is 11.3. The molecule has 0 radical (unpaired) electrons.